The third-order valence-corrected chi connectivity index (χ3v) is 7.40. The Labute approximate surface area is 209 Å². The van der Waals surface area contributed by atoms with Gasteiger partial charge < -0.3 is 24.1 Å². The molecule has 1 saturated carbocycles. The highest BCUT2D eigenvalue weighted by Gasteiger charge is 2.57. The fraction of sp³-hybridized carbons (Fsp3) is 0.357. The number of nitrogens with zero attached hydrogens (tertiary/aromatic N) is 4. The molecule has 1 aliphatic carbocycles. The monoisotopic (exact) mass is 488 g/mol. The van der Waals surface area contributed by atoms with E-state index in [-0.39, 0.29) is 17.8 Å². The second-order valence-corrected chi connectivity index (χ2v) is 9.97. The normalized spacial score (nSPS) is 22.9. The minimum absolute atomic E-state index is 0.135. The van der Waals surface area contributed by atoms with Crippen LogP contribution in [0.1, 0.15) is 43.0 Å². The van der Waals surface area contributed by atoms with Crippen LogP contribution in [0.15, 0.2) is 65.7 Å². The third-order valence-electron chi connectivity index (χ3n) is 7.40. The molecule has 0 amide bonds. The van der Waals surface area contributed by atoms with E-state index in [0.717, 1.165) is 59.9 Å². The van der Waals surface area contributed by atoms with Gasteiger partial charge in [0.05, 0.1) is 24.3 Å². The molecule has 1 saturated heterocycles. The van der Waals surface area contributed by atoms with E-state index in [1.54, 1.807) is 18.5 Å². The van der Waals surface area contributed by atoms with Crippen LogP contribution in [-0.4, -0.2) is 45.2 Å². The lowest BCUT2D eigenvalue weighted by Crippen LogP contribution is -2.53. The Morgan fingerprint density at radius 2 is 2.00 bits per heavy atom. The van der Waals surface area contributed by atoms with E-state index in [9.17, 15) is 9.50 Å². The number of aliphatic hydroxyl groups excluding tert-OH is 1. The van der Waals surface area contributed by atoms with Gasteiger partial charge in [0.2, 0.25) is 0 Å². The fourth-order valence-electron chi connectivity index (χ4n) is 5.31. The smallest absolute Gasteiger partial charge is 0.260 e. The van der Waals surface area contributed by atoms with Crippen LogP contribution in [0, 0.1) is 18.2 Å². The van der Waals surface area contributed by atoms with Gasteiger partial charge in [0, 0.05) is 18.3 Å². The van der Waals surface area contributed by atoms with Crippen LogP contribution in [0.4, 0.5) is 4.39 Å². The summed E-state index contributed by atoms with van der Waals surface area (Å²) in [6.45, 7) is 4.93. The standard InChI is InChI=1S/C28H29FN4O3/c1-3-35-25-13-20(4-9-24(25)32-15-19(2)30-18-32)12-21-14-27(10-11-27)16-33-26(21)31-36-28(33,17-34)22-5-7-23(29)8-6-22/h4-9,12-13,15,18,34H,3,10-11,14,16-17H2,1-2H3. The summed E-state index contributed by atoms with van der Waals surface area (Å²) in [5, 5.41) is 15.0. The van der Waals surface area contributed by atoms with Crippen LogP contribution in [-0.2, 0) is 10.6 Å². The van der Waals surface area contributed by atoms with Crippen molar-refractivity contribution in [3.8, 4) is 11.4 Å². The van der Waals surface area contributed by atoms with Crippen molar-refractivity contribution in [3.05, 3.63) is 83.2 Å². The first-order chi connectivity index (χ1) is 17.4. The molecule has 3 heterocycles. The number of aliphatic hydroxyl groups is 1. The quantitative estimate of drug-likeness (QED) is 0.541. The molecule has 186 valence electrons. The molecule has 3 aliphatic rings. The van der Waals surface area contributed by atoms with Crippen molar-refractivity contribution in [2.45, 2.75) is 38.8 Å². The third kappa shape index (κ3) is 3.76. The van der Waals surface area contributed by atoms with Gasteiger partial charge in [-0.2, -0.15) is 0 Å². The maximum absolute atomic E-state index is 13.6. The molecule has 36 heavy (non-hydrogen) atoms. The van der Waals surface area contributed by atoms with Crippen molar-refractivity contribution in [2.75, 3.05) is 19.8 Å². The summed E-state index contributed by atoms with van der Waals surface area (Å²) in [6.07, 6.45) is 9.02. The lowest BCUT2D eigenvalue weighted by atomic mass is 9.86. The van der Waals surface area contributed by atoms with E-state index in [1.165, 1.54) is 12.1 Å². The van der Waals surface area contributed by atoms with Crippen molar-refractivity contribution >= 4 is 11.9 Å². The van der Waals surface area contributed by atoms with Gasteiger partial charge in [0.25, 0.3) is 5.72 Å². The Morgan fingerprint density at radius 3 is 2.67 bits per heavy atom. The fourth-order valence-corrected chi connectivity index (χ4v) is 5.31. The predicted octanol–water partition coefficient (Wildman–Crippen LogP) is 4.78. The van der Waals surface area contributed by atoms with Crippen LogP contribution in [0.3, 0.4) is 0 Å². The van der Waals surface area contributed by atoms with Crippen molar-refractivity contribution in [2.24, 2.45) is 10.6 Å². The Kier molecular flexibility index (Phi) is 5.37. The van der Waals surface area contributed by atoms with E-state index in [0.29, 0.717) is 12.2 Å². The summed E-state index contributed by atoms with van der Waals surface area (Å²) in [4.78, 5) is 12.4. The lowest BCUT2D eigenvalue weighted by Gasteiger charge is -2.42. The second-order valence-electron chi connectivity index (χ2n) is 9.97. The van der Waals surface area contributed by atoms with Gasteiger partial charge in [-0.25, -0.2) is 9.37 Å². The first kappa shape index (κ1) is 22.8. The number of piperidine rings is 1. The molecular formula is C28H29FN4O3. The highest BCUT2D eigenvalue weighted by Crippen LogP contribution is 2.57. The number of aryl methyl sites for hydroxylation is 1. The van der Waals surface area contributed by atoms with Crippen molar-refractivity contribution < 1.29 is 19.1 Å². The lowest BCUT2D eigenvalue weighted by molar-refractivity contribution is -0.141. The molecule has 2 fully saturated rings. The van der Waals surface area contributed by atoms with E-state index in [4.69, 9.17) is 9.57 Å². The Bertz CT molecular complexity index is 1360. The van der Waals surface area contributed by atoms with Crippen LogP contribution in [0.2, 0.25) is 0 Å². The van der Waals surface area contributed by atoms with E-state index >= 15 is 0 Å². The van der Waals surface area contributed by atoms with E-state index in [2.05, 4.69) is 27.2 Å². The minimum Gasteiger partial charge on any atom is -0.492 e. The molecule has 8 heteroatoms. The molecule has 2 aromatic carbocycles. The molecule has 1 unspecified atom stereocenters. The molecule has 1 spiro atoms. The molecule has 0 radical (unpaired) electrons. The van der Waals surface area contributed by atoms with Crippen LogP contribution >= 0.6 is 0 Å². The van der Waals surface area contributed by atoms with Gasteiger partial charge in [-0.05, 0) is 92.1 Å². The summed E-state index contributed by atoms with van der Waals surface area (Å²) in [7, 11) is 0. The van der Waals surface area contributed by atoms with Gasteiger partial charge in [-0.3, -0.25) is 0 Å². The molecule has 3 aromatic rings. The number of aromatic nitrogens is 2. The number of fused-ring (bicyclic) bond motifs is 1. The molecular weight excluding hydrogens is 459 g/mol. The Balaban J connectivity index is 1.38. The largest absolute Gasteiger partial charge is 0.492 e. The first-order valence-electron chi connectivity index (χ1n) is 12.3. The molecule has 1 aromatic heterocycles. The van der Waals surface area contributed by atoms with Gasteiger partial charge in [-0.15, -0.1) is 0 Å². The van der Waals surface area contributed by atoms with Crippen molar-refractivity contribution in [1.29, 1.82) is 0 Å². The zero-order valence-electron chi connectivity index (χ0n) is 20.4. The van der Waals surface area contributed by atoms with E-state index in [1.807, 2.05) is 36.7 Å². The average Bonchev–Trinajstić information content (AvgIpc) is 3.29. The molecule has 2 aliphatic heterocycles. The zero-order valence-corrected chi connectivity index (χ0v) is 20.4. The van der Waals surface area contributed by atoms with Crippen LogP contribution in [0.25, 0.3) is 11.8 Å². The maximum Gasteiger partial charge on any atom is 0.260 e. The minimum atomic E-state index is -1.16. The number of imidazole rings is 1. The number of ether oxygens (including phenoxy) is 1. The van der Waals surface area contributed by atoms with Crippen LogP contribution in [0.5, 0.6) is 5.75 Å². The average molecular weight is 489 g/mol. The van der Waals surface area contributed by atoms with Crippen molar-refractivity contribution in [3.63, 3.8) is 0 Å². The number of rotatable bonds is 6. The Morgan fingerprint density at radius 1 is 1.19 bits per heavy atom. The summed E-state index contributed by atoms with van der Waals surface area (Å²) in [6, 6.07) is 12.2. The molecule has 1 N–H and O–H groups in total. The predicted molar refractivity (Wildman–Crippen MR) is 134 cm³/mol. The van der Waals surface area contributed by atoms with Gasteiger partial charge >= 0.3 is 0 Å². The number of hydrogen-bond donors (Lipinski definition) is 1. The Hall–Kier alpha value is -3.65. The summed E-state index contributed by atoms with van der Waals surface area (Å²) < 4.78 is 21.6. The molecule has 6 rings (SSSR count). The van der Waals surface area contributed by atoms with Gasteiger partial charge in [0.15, 0.2) is 5.84 Å². The number of benzene rings is 2. The highest BCUT2D eigenvalue weighted by atomic mass is 19.1. The number of amidine groups is 1. The topological polar surface area (TPSA) is 72.1 Å². The van der Waals surface area contributed by atoms with Gasteiger partial charge in [0.1, 0.15) is 18.2 Å². The highest BCUT2D eigenvalue weighted by molar-refractivity contribution is 6.04. The van der Waals surface area contributed by atoms with Crippen molar-refractivity contribution in [1.82, 2.24) is 14.5 Å². The maximum atomic E-state index is 13.6. The zero-order chi connectivity index (χ0) is 24.9. The first-order valence-corrected chi connectivity index (χ1v) is 12.3. The molecule has 1 atom stereocenters. The number of hydrogen-bond acceptors (Lipinski definition) is 6. The van der Waals surface area contributed by atoms with Gasteiger partial charge in [-0.1, -0.05) is 11.2 Å². The second kappa shape index (κ2) is 8.48. The van der Waals surface area contributed by atoms with E-state index < -0.39 is 5.72 Å². The summed E-state index contributed by atoms with van der Waals surface area (Å²) in [5.74, 6) is 1.17. The molecule has 0 bridgehead atoms. The number of halogens is 1. The van der Waals surface area contributed by atoms with Crippen LogP contribution < -0.4 is 4.74 Å². The number of oxime groups is 1. The SMILES string of the molecule is CCOc1cc(C=C2CC3(CC3)CN3C2=NOC3(CO)c2ccc(F)cc2)ccc1-n1cnc(C)c1. The summed E-state index contributed by atoms with van der Waals surface area (Å²) >= 11 is 0. The summed E-state index contributed by atoms with van der Waals surface area (Å²) in [5.41, 5.74) is 3.59. The molecule has 7 nitrogen and oxygen atoms in total.